The zero-order valence-electron chi connectivity index (χ0n) is 22.4. The number of carbonyl (C=O) groups excluding carboxylic acids is 1. The van der Waals surface area contributed by atoms with Crippen LogP contribution in [0, 0.1) is 5.92 Å². The number of ether oxygens (including phenoxy) is 3. The minimum atomic E-state index is -0.0886. The van der Waals surface area contributed by atoms with Crippen LogP contribution in [0.25, 0.3) is 0 Å². The second kappa shape index (κ2) is 13.5. The predicted molar refractivity (Wildman–Crippen MR) is 152 cm³/mol. The molecule has 1 N–H and O–H groups in total. The van der Waals surface area contributed by atoms with Crippen LogP contribution in [0.2, 0.25) is 5.02 Å². The summed E-state index contributed by atoms with van der Waals surface area (Å²) in [6.07, 6.45) is 3.19. The van der Waals surface area contributed by atoms with E-state index in [-0.39, 0.29) is 5.91 Å². The van der Waals surface area contributed by atoms with E-state index in [0.29, 0.717) is 29.0 Å². The van der Waals surface area contributed by atoms with Gasteiger partial charge in [0.25, 0.3) is 5.91 Å². The second-order valence-corrected chi connectivity index (χ2v) is 10.2. The summed E-state index contributed by atoms with van der Waals surface area (Å²) in [5.41, 5.74) is 3.12. The Bertz CT molecular complexity index is 1200. The van der Waals surface area contributed by atoms with Gasteiger partial charge in [-0.2, -0.15) is 0 Å². The van der Waals surface area contributed by atoms with Crippen LogP contribution < -0.4 is 19.5 Å². The lowest BCUT2D eigenvalue weighted by Gasteiger charge is -2.19. The topological polar surface area (TPSA) is 60.0 Å². The number of nitrogens with one attached hydrogen (secondary N) is 1. The highest BCUT2D eigenvalue weighted by atomic mass is 35.5. The van der Waals surface area contributed by atoms with Gasteiger partial charge in [-0.25, -0.2) is 0 Å². The number of halogens is 1. The van der Waals surface area contributed by atoms with Gasteiger partial charge in [-0.05, 0) is 85.3 Å². The number of benzene rings is 3. The van der Waals surface area contributed by atoms with E-state index >= 15 is 0 Å². The van der Waals surface area contributed by atoms with Crippen LogP contribution in [0.3, 0.4) is 0 Å². The zero-order chi connectivity index (χ0) is 26.9. The van der Waals surface area contributed by atoms with Gasteiger partial charge in [-0.1, -0.05) is 35.9 Å². The molecule has 0 radical (unpaired) electrons. The summed E-state index contributed by atoms with van der Waals surface area (Å²) < 4.78 is 16.1. The highest BCUT2D eigenvalue weighted by Gasteiger charge is 2.33. The van der Waals surface area contributed by atoms with Crippen LogP contribution in [-0.2, 0) is 6.42 Å². The van der Waals surface area contributed by atoms with E-state index < -0.39 is 0 Å². The Morgan fingerprint density at radius 3 is 2.42 bits per heavy atom. The van der Waals surface area contributed by atoms with Crippen molar-refractivity contribution in [2.45, 2.75) is 25.2 Å². The molecule has 2 atom stereocenters. The van der Waals surface area contributed by atoms with Crippen molar-refractivity contribution in [1.82, 2.24) is 10.2 Å². The first-order valence-electron chi connectivity index (χ1n) is 13.1. The van der Waals surface area contributed by atoms with E-state index in [2.05, 4.69) is 34.5 Å². The standard InChI is InChI=1S/C31H37ClN2O4/c1-36-27-13-11-23(12-14-27)28-21-34(16-5-4-7-22-10-15-29(37-2)30(17-22)38-3)20-25(28)19-33-31(35)24-8-6-9-26(32)18-24/h6,8-15,17-18,25,28H,4-5,7,16,19-21H2,1-3H3,(H,33,35)/t25-,28+/m0/s1. The molecule has 7 heteroatoms. The first-order chi connectivity index (χ1) is 18.5. The minimum Gasteiger partial charge on any atom is -0.497 e. The SMILES string of the molecule is COc1ccc([C@H]2CN(CCCCc3ccc(OC)c(OC)c3)C[C@@H]2CNC(=O)c2cccc(Cl)c2)cc1. The first kappa shape index (κ1) is 27.8. The fraction of sp³-hybridized carbons (Fsp3) is 0.387. The number of likely N-dealkylation sites (tertiary alicyclic amines) is 1. The van der Waals surface area contributed by atoms with Gasteiger partial charge < -0.3 is 24.4 Å². The molecular weight excluding hydrogens is 500 g/mol. The molecule has 0 aliphatic carbocycles. The maximum Gasteiger partial charge on any atom is 0.251 e. The van der Waals surface area contributed by atoms with Gasteiger partial charge in [-0.3, -0.25) is 4.79 Å². The number of amides is 1. The normalized spacial score (nSPS) is 17.3. The lowest BCUT2D eigenvalue weighted by molar-refractivity contribution is 0.0946. The molecule has 1 aliphatic heterocycles. The van der Waals surface area contributed by atoms with Gasteiger partial charge in [0.1, 0.15) is 5.75 Å². The van der Waals surface area contributed by atoms with E-state index in [4.69, 9.17) is 25.8 Å². The Labute approximate surface area is 230 Å². The molecule has 0 spiro atoms. The van der Waals surface area contributed by atoms with E-state index in [0.717, 1.165) is 56.1 Å². The number of hydrogen-bond donors (Lipinski definition) is 1. The van der Waals surface area contributed by atoms with E-state index in [1.54, 1.807) is 45.6 Å². The van der Waals surface area contributed by atoms with Gasteiger partial charge in [-0.15, -0.1) is 0 Å². The number of unbranched alkanes of at least 4 members (excludes halogenated alkanes) is 1. The largest absolute Gasteiger partial charge is 0.497 e. The third-order valence-electron chi connectivity index (χ3n) is 7.31. The number of rotatable bonds is 12. The third kappa shape index (κ3) is 7.21. The average Bonchev–Trinajstić information content (AvgIpc) is 3.36. The highest BCUT2D eigenvalue weighted by Crippen LogP contribution is 2.34. The van der Waals surface area contributed by atoms with Gasteiger partial charge in [0.05, 0.1) is 21.3 Å². The molecule has 1 amide bonds. The Balaban J connectivity index is 1.35. The molecule has 202 valence electrons. The van der Waals surface area contributed by atoms with Crippen molar-refractivity contribution in [3.63, 3.8) is 0 Å². The molecule has 0 aromatic heterocycles. The van der Waals surface area contributed by atoms with Crippen molar-refractivity contribution >= 4 is 17.5 Å². The summed E-state index contributed by atoms with van der Waals surface area (Å²) >= 11 is 6.08. The van der Waals surface area contributed by atoms with Crippen LogP contribution in [0.4, 0.5) is 0 Å². The van der Waals surface area contributed by atoms with Gasteiger partial charge in [0, 0.05) is 36.1 Å². The van der Waals surface area contributed by atoms with Crippen LogP contribution >= 0.6 is 11.6 Å². The van der Waals surface area contributed by atoms with Crippen LogP contribution in [0.5, 0.6) is 17.2 Å². The van der Waals surface area contributed by atoms with E-state index in [1.807, 2.05) is 18.2 Å². The fourth-order valence-corrected chi connectivity index (χ4v) is 5.43. The van der Waals surface area contributed by atoms with Crippen molar-refractivity contribution in [3.8, 4) is 17.2 Å². The maximum atomic E-state index is 12.8. The molecule has 0 bridgehead atoms. The summed E-state index contributed by atoms with van der Waals surface area (Å²) in [6.45, 7) is 3.56. The molecule has 6 nitrogen and oxygen atoms in total. The third-order valence-corrected chi connectivity index (χ3v) is 7.55. The number of carbonyl (C=O) groups is 1. The lowest BCUT2D eigenvalue weighted by Crippen LogP contribution is -2.32. The second-order valence-electron chi connectivity index (χ2n) is 9.77. The first-order valence-corrected chi connectivity index (χ1v) is 13.5. The summed E-state index contributed by atoms with van der Waals surface area (Å²) in [6, 6.07) is 21.5. The number of hydrogen-bond acceptors (Lipinski definition) is 5. The van der Waals surface area contributed by atoms with Gasteiger partial charge in [0.15, 0.2) is 11.5 Å². The average molecular weight is 537 g/mol. The maximum absolute atomic E-state index is 12.8. The van der Waals surface area contributed by atoms with Gasteiger partial charge >= 0.3 is 0 Å². The molecule has 4 rings (SSSR count). The molecular formula is C31H37ClN2O4. The smallest absolute Gasteiger partial charge is 0.251 e. The summed E-state index contributed by atoms with van der Waals surface area (Å²) in [5.74, 6) is 2.95. The Morgan fingerprint density at radius 1 is 0.921 bits per heavy atom. The van der Waals surface area contributed by atoms with Crippen molar-refractivity contribution in [1.29, 1.82) is 0 Å². The Morgan fingerprint density at radius 2 is 1.71 bits per heavy atom. The fourth-order valence-electron chi connectivity index (χ4n) is 5.23. The van der Waals surface area contributed by atoms with Crippen LogP contribution in [0.1, 0.15) is 40.2 Å². The van der Waals surface area contributed by atoms with Crippen molar-refractivity contribution in [3.05, 3.63) is 88.4 Å². The molecule has 1 saturated heterocycles. The lowest BCUT2D eigenvalue weighted by atomic mass is 9.89. The molecule has 38 heavy (non-hydrogen) atoms. The number of nitrogens with zero attached hydrogens (tertiary/aromatic N) is 1. The number of methoxy groups -OCH3 is 3. The molecule has 1 fully saturated rings. The monoisotopic (exact) mass is 536 g/mol. The van der Waals surface area contributed by atoms with Crippen molar-refractivity contribution in [2.24, 2.45) is 5.92 Å². The van der Waals surface area contributed by atoms with Crippen molar-refractivity contribution < 1.29 is 19.0 Å². The quantitative estimate of drug-likeness (QED) is 0.295. The minimum absolute atomic E-state index is 0.0886. The van der Waals surface area contributed by atoms with Gasteiger partial charge in [0.2, 0.25) is 0 Å². The Kier molecular flexibility index (Phi) is 9.91. The molecule has 3 aromatic carbocycles. The zero-order valence-corrected chi connectivity index (χ0v) is 23.2. The van der Waals surface area contributed by atoms with Crippen molar-refractivity contribution in [2.75, 3.05) is 47.5 Å². The molecule has 1 aliphatic rings. The Hall–Kier alpha value is -3.22. The van der Waals surface area contributed by atoms with E-state index in [9.17, 15) is 4.79 Å². The summed E-state index contributed by atoms with van der Waals surface area (Å²) in [4.78, 5) is 15.3. The van der Waals surface area contributed by atoms with Crippen LogP contribution in [-0.4, -0.2) is 58.3 Å². The van der Waals surface area contributed by atoms with E-state index in [1.165, 1.54) is 11.1 Å². The van der Waals surface area contributed by atoms with Crippen LogP contribution in [0.15, 0.2) is 66.7 Å². The summed E-state index contributed by atoms with van der Waals surface area (Å²) in [5, 5.41) is 3.71. The molecule has 3 aromatic rings. The predicted octanol–water partition coefficient (Wildman–Crippen LogP) is 5.83. The molecule has 0 unspecified atom stereocenters. The summed E-state index contributed by atoms with van der Waals surface area (Å²) in [7, 11) is 5.01. The molecule has 1 heterocycles. The molecule has 0 saturated carbocycles. The number of aryl methyl sites for hydroxylation is 1. The highest BCUT2D eigenvalue weighted by molar-refractivity contribution is 6.30.